The first-order valence-corrected chi connectivity index (χ1v) is 10.9. The van der Waals surface area contributed by atoms with Crippen molar-refractivity contribution in [1.82, 2.24) is 15.0 Å². The number of carbonyl (C=O) groups excluding carboxylic acids is 1. The number of ether oxygens (including phenoxy) is 1. The molecule has 0 aliphatic carbocycles. The summed E-state index contributed by atoms with van der Waals surface area (Å²) in [5.41, 5.74) is 5.08. The van der Waals surface area contributed by atoms with Gasteiger partial charge < -0.3 is 9.84 Å². The summed E-state index contributed by atoms with van der Waals surface area (Å²) in [5.74, 6) is -0.573. The maximum atomic E-state index is 12.5. The molecule has 0 radical (unpaired) electrons. The molecule has 0 saturated heterocycles. The molecule has 2 heterocycles. The van der Waals surface area contributed by atoms with Gasteiger partial charge in [-0.25, -0.2) is 4.68 Å². The quantitative estimate of drug-likeness (QED) is 0.436. The average Bonchev–Trinajstić information content (AvgIpc) is 3.35. The van der Waals surface area contributed by atoms with Crippen LogP contribution in [0.2, 0.25) is 5.02 Å². The number of hydrogen-bond acceptors (Lipinski definition) is 6. The van der Waals surface area contributed by atoms with E-state index in [1.54, 1.807) is 30.0 Å². The van der Waals surface area contributed by atoms with E-state index in [1.807, 2.05) is 30.5 Å². The second kappa shape index (κ2) is 8.34. The number of thiophene rings is 1. The molecule has 6 nitrogen and oxygen atoms in total. The van der Waals surface area contributed by atoms with E-state index in [-0.39, 0.29) is 24.9 Å². The normalized spacial score (nSPS) is 12.6. The van der Waals surface area contributed by atoms with Crippen LogP contribution in [0, 0.1) is 6.92 Å². The number of rotatable bonds is 6. The highest BCUT2D eigenvalue weighted by atomic mass is 35.5. The summed E-state index contributed by atoms with van der Waals surface area (Å²) in [6, 6.07) is 7.96. The fourth-order valence-corrected chi connectivity index (χ4v) is 5.20. The first kappa shape index (κ1) is 20.8. The van der Waals surface area contributed by atoms with Crippen LogP contribution in [0.3, 0.4) is 0 Å². The van der Waals surface area contributed by atoms with E-state index >= 15 is 0 Å². The Kier molecular flexibility index (Phi) is 5.77. The number of fused-ring (bicyclic) bond motifs is 2. The van der Waals surface area contributed by atoms with E-state index in [2.05, 4.69) is 16.4 Å². The number of halogens is 1. The smallest absolute Gasteiger partial charge is 0.306 e. The van der Waals surface area contributed by atoms with Crippen LogP contribution in [0.25, 0.3) is 21.1 Å². The Morgan fingerprint density at radius 2 is 2.17 bits per heavy atom. The van der Waals surface area contributed by atoms with Crippen molar-refractivity contribution in [3.8, 4) is 0 Å². The van der Waals surface area contributed by atoms with Crippen LogP contribution in [-0.2, 0) is 23.2 Å². The van der Waals surface area contributed by atoms with E-state index in [1.165, 1.54) is 0 Å². The van der Waals surface area contributed by atoms with Crippen LogP contribution in [0.4, 0.5) is 0 Å². The molecule has 8 heteroatoms. The van der Waals surface area contributed by atoms with E-state index in [9.17, 15) is 9.90 Å². The minimum Gasteiger partial charge on any atom is -0.466 e. The number of aryl methyl sites for hydroxylation is 2. The fourth-order valence-electron chi connectivity index (χ4n) is 3.98. The number of aliphatic hydroxyl groups excluding tert-OH is 1. The van der Waals surface area contributed by atoms with Crippen LogP contribution in [0.5, 0.6) is 0 Å². The summed E-state index contributed by atoms with van der Waals surface area (Å²) in [6.45, 7) is 4.01. The molecule has 0 fully saturated rings. The van der Waals surface area contributed by atoms with E-state index in [0.717, 1.165) is 37.9 Å². The third-order valence-corrected chi connectivity index (χ3v) is 6.69. The van der Waals surface area contributed by atoms with Crippen molar-refractivity contribution >= 4 is 50.0 Å². The zero-order valence-corrected chi connectivity index (χ0v) is 18.5. The first-order chi connectivity index (χ1) is 14.4. The van der Waals surface area contributed by atoms with Crippen LogP contribution in [0.15, 0.2) is 29.6 Å². The molecular weight excluding hydrogens is 422 g/mol. The summed E-state index contributed by atoms with van der Waals surface area (Å²) in [7, 11) is 1.80. The molecular formula is C22H22ClN3O3S. The van der Waals surface area contributed by atoms with E-state index in [4.69, 9.17) is 16.3 Å². The van der Waals surface area contributed by atoms with E-state index < -0.39 is 0 Å². The van der Waals surface area contributed by atoms with Crippen LogP contribution in [0.1, 0.15) is 41.5 Å². The SMILES string of the molecule is CCOC(=O)C[C@H](c1cc(CO)c2sccc2c1)c1cc(Cl)c2c(nnn2C)c1C. The Morgan fingerprint density at radius 1 is 1.37 bits per heavy atom. The number of aliphatic hydroxyl groups is 1. The maximum absolute atomic E-state index is 12.5. The highest BCUT2D eigenvalue weighted by molar-refractivity contribution is 7.17. The zero-order valence-electron chi connectivity index (χ0n) is 17.0. The van der Waals surface area contributed by atoms with Gasteiger partial charge >= 0.3 is 5.97 Å². The van der Waals surface area contributed by atoms with Gasteiger partial charge in [-0.2, -0.15) is 0 Å². The van der Waals surface area contributed by atoms with Crippen molar-refractivity contribution in [1.29, 1.82) is 0 Å². The van der Waals surface area contributed by atoms with Gasteiger partial charge in [0.25, 0.3) is 0 Å². The lowest BCUT2D eigenvalue weighted by molar-refractivity contribution is -0.143. The van der Waals surface area contributed by atoms with Crippen molar-refractivity contribution in [2.45, 2.75) is 32.8 Å². The van der Waals surface area contributed by atoms with Crippen LogP contribution < -0.4 is 0 Å². The third-order valence-electron chi connectivity index (χ3n) is 5.40. The molecule has 2 aromatic heterocycles. The molecule has 4 rings (SSSR count). The second-order valence-electron chi connectivity index (χ2n) is 7.22. The molecule has 4 aromatic rings. The molecule has 30 heavy (non-hydrogen) atoms. The fraction of sp³-hybridized carbons (Fsp3) is 0.318. The summed E-state index contributed by atoms with van der Waals surface area (Å²) in [5, 5.41) is 21.9. The van der Waals surface area contributed by atoms with Gasteiger partial charge in [-0.1, -0.05) is 22.9 Å². The summed E-state index contributed by atoms with van der Waals surface area (Å²) in [6.07, 6.45) is 0.164. The lowest BCUT2D eigenvalue weighted by atomic mass is 9.84. The summed E-state index contributed by atoms with van der Waals surface area (Å²) >= 11 is 8.18. The Hall–Kier alpha value is -2.48. The molecule has 0 spiro atoms. The Balaban J connectivity index is 1.93. The van der Waals surface area contributed by atoms with Gasteiger partial charge in [-0.15, -0.1) is 16.4 Å². The molecule has 2 aromatic carbocycles. The second-order valence-corrected chi connectivity index (χ2v) is 8.55. The molecule has 156 valence electrons. The van der Waals surface area contributed by atoms with Crippen LogP contribution >= 0.6 is 22.9 Å². The molecule has 0 aliphatic rings. The molecule has 0 bridgehead atoms. The van der Waals surface area contributed by atoms with Crippen molar-refractivity contribution in [3.63, 3.8) is 0 Å². The minimum atomic E-state index is -0.289. The molecule has 0 unspecified atom stereocenters. The Morgan fingerprint density at radius 3 is 2.90 bits per heavy atom. The lowest BCUT2D eigenvalue weighted by Gasteiger charge is -2.21. The highest BCUT2D eigenvalue weighted by Gasteiger charge is 2.25. The predicted octanol–water partition coefficient (Wildman–Crippen LogP) is 4.72. The number of aromatic nitrogens is 3. The predicted molar refractivity (Wildman–Crippen MR) is 119 cm³/mol. The zero-order chi connectivity index (χ0) is 21.4. The van der Waals surface area contributed by atoms with Gasteiger partial charge in [0.1, 0.15) is 11.0 Å². The number of benzene rings is 2. The molecule has 1 atom stereocenters. The largest absolute Gasteiger partial charge is 0.466 e. The third kappa shape index (κ3) is 3.57. The van der Waals surface area contributed by atoms with Crippen molar-refractivity contribution in [2.24, 2.45) is 7.05 Å². The van der Waals surface area contributed by atoms with Crippen molar-refractivity contribution in [3.05, 3.63) is 56.9 Å². The van der Waals surface area contributed by atoms with Gasteiger partial charge in [0, 0.05) is 17.7 Å². The molecule has 0 amide bonds. The number of esters is 1. The first-order valence-electron chi connectivity index (χ1n) is 9.69. The number of carbonyl (C=O) groups is 1. The standard InChI is InChI=1S/C22H22ClN3O3S/c1-4-29-19(28)10-17(14-7-13-5-6-30-22(13)15(8-14)11-27)16-9-18(23)21-20(12(16)2)24-25-26(21)3/h5-9,17,27H,4,10-11H2,1-3H3/t17-/m1/s1. The van der Waals surface area contributed by atoms with Gasteiger partial charge in [0.05, 0.1) is 24.7 Å². The van der Waals surface area contributed by atoms with Crippen molar-refractivity contribution < 1.29 is 14.6 Å². The molecule has 0 aliphatic heterocycles. The monoisotopic (exact) mass is 443 g/mol. The molecule has 0 saturated carbocycles. The minimum absolute atomic E-state index is 0.0695. The van der Waals surface area contributed by atoms with Gasteiger partial charge in [0.2, 0.25) is 0 Å². The van der Waals surface area contributed by atoms with E-state index in [0.29, 0.717) is 17.1 Å². The van der Waals surface area contributed by atoms with Crippen LogP contribution in [-0.4, -0.2) is 32.7 Å². The summed E-state index contributed by atoms with van der Waals surface area (Å²) < 4.78 is 7.95. The molecule has 1 N–H and O–H groups in total. The topological polar surface area (TPSA) is 77.2 Å². The highest BCUT2D eigenvalue weighted by Crippen LogP contribution is 2.39. The maximum Gasteiger partial charge on any atom is 0.306 e. The van der Waals surface area contributed by atoms with Gasteiger partial charge in [-0.3, -0.25) is 4.79 Å². The van der Waals surface area contributed by atoms with Gasteiger partial charge in [-0.05, 0) is 65.1 Å². The average molecular weight is 444 g/mol. The number of hydrogen-bond donors (Lipinski definition) is 1. The Bertz CT molecular complexity index is 1250. The van der Waals surface area contributed by atoms with Crippen molar-refractivity contribution in [2.75, 3.05) is 6.61 Å². The Labute approximate surface area is 183 Å². The number of nitrogens with zero attached hydrogens (tertiary/aromatic N) is 3. The lowest BCUT2D eigenvalue weighted by Crippen LogP contribution is -2.13. The summed E-state index contributed by atoms with van der Waals surface area (Å²) in [4.78, 5) is 12.5. The van der Waals surface area contributed by atoms with Gasteiger partial charge in [0.15, 0.2) is 0 Å².